The van der Waals surface area contributed by atoms with E-state index in [1.807, 2.05) is 12.3 Å². The largest absolute Gasteiger partial charge is 0.379 e. The first-order chi connectivity index (χ1) is 9.52. The number of anilines is 1. The number of rotatable bonds is 3. The maximum atomic E-state index is 4.69. The normalized spacial score (nSPS) is 11.9. The Labute approximate surface area is 122 Å². The van der Waals surface area contributed by atoms with Crippen molar-refractivity contribution < 1.29 is 0 Å². The average molecular weight is 286 g/mol. The van der Waals surface area contributed by atoms with Crippen LogP contribution in [0, 0.1) is 0 Å². The maximum absolute atomic E-state index is 4.69. The minimum atomic E-state index is 0.124. The Morgan fingerprint density at radius 3 is 2.90 bits per heavy atom. The van der Waals surface area contributed by atoms with Crippen LogP contribution < -0.4 is 5.32 Å². The Morgan fingerprint density at radius 2 is 2.15 bits per heavy atom. The molecule has 0 amide bonds. The average Bonchev–Trinajstić information content (AvgIpc) is 3.04. The molecule has 0 saturated carbocycles. The number of hydrogen-bond acceptors (Lipinski definition) is 4. The molecule has 0 aliphatic rings. The molecule has 0 atom stereocenters. The molecule has 0 aliphatic heterocycles. The Balaban J connectivity index is 1.71. The van der Waals surface area contributed by atoms with E-state index >= 15 is 0 Å². The minimum Gasteiger partial charge on any atom is -0.379 e. The standard InChI is InChI=1S/C15H18N4S/c1-15(2,3)14-18-12(9-20-14)8-16-11-4-5-13-10(6-11)7-17-19-13/h4-7,9,16H,8H2,1-3H3,(H,17,19). The Bertz CT molecular complexity index is 721. The van der Waals surface area contributed by atoms with Crippen LogP contribution in [0.3, 0.4) is 0 Å². The summed E-state index contributed by atoms with van der Waals surface area (Å²) in [6, 6.07) is 6.18. The van der Waals surface area contributed by atoms with E-state index in [1.165, 1.54) is 5.01 Å². The second kappa shape index (κ2) is 4.90. The summed E-state index contributed by atoms with van der Waals surface area (Å²) in [4.78, 5) is 4.69. The summed E-state index contributed by atoms with van der Waals surface area (Å²) in [5, 5.41) is 14.8. The predicted molar refractivity (Wildman–Crippen MR) is 84.2 cm³/mol. The van der Waals surface area contributed by atoms with Crippen LogP contribution in [0.2, 0.25) is 0 Å². The topological polar surface area (TPSA) is 53.6 Å². The zero-order chi connectivity index (χ0) is 14.2. The lowest BCUT2D eigenvalue weighted by Gasteiger charge is -2.13. The zero-order valence-electron chi connectivity index (χ0n) is 11.9. The highest BCUT2D eigenvalue weighted by Crippen LogP contribution is 2.26. The molecular weight excluding hydrogens is 268 g/mol. The van der Waals surface area contributed by atoms with Gasteiger partial charge in [0.15, 0.2) is 0 Å². The fourth-order valence-corrected chi connectivity index (χ4v) is 2.89. The van der Waals surface area contributed by atoms with E-state index in [4.69, 9.17) is 0 Å². The summed E-state index contributed by atoms with van der Waals surface area (Å²) in [6.07, 6.45) is 1.83. The molecule has 4 nitrogen and oxygen atoms in total. The summed E-state index contributed by atoms with van der Waals surface area (Å²) in [7, 11) is 0. The van der Waals surface area contributed by atoms with E-state index in [0.717, 1.165) is 28.8 Å². The van der Waals surface area contributed by atoms with Crippen LogP contribution in [0.1, 0.15) is 31.5 Å². The summed E-state index contributed by atoms with van der Waals surface area (Å²) >= 11 is 1.73. The molecule has 0 fully saturated rings. The number of aromatic amines is 1. The van der Waals surface area contributed by atoms with Crippen molar-refractivity contribution in [2.24, 2.45) is 0 Å². The zero-order valence-corrected chi connectivity index (χ0v) is 12.7. The SMILES string of the molecule is CC(C)(C)c1nc(CNc2ccc3[nH]ncc3c2)cs1. The third-order valence-corrected chi connectivity index (χ3v) is 4.42. The molecule has 0 saturated heterocycles. The van der Waals surface area contributed by atoms with Crippen LogP contribution in [-0.2, 0) is 12.0 Å². The van der Waals surface area contributed by atoms with Crippen LogP contribution in [0.25, 0.3) is 10.9 Å². The van der Waals surface area contributed by atoms with Crippen molar-refractivity contribution in [3.8, 4) is 0 Å². The van der Waals surface area contributed by atoms with E-state index in [0.29, 0.717) is 0 Å². The van der Waals surface area contributed by atoms with Crippen molar-refractivity contribution >= 4 is 27.9 Å². The molecule has 3 aromatic rings. The Morgan fingerprint density at radius 1 is 1.30 bits per heavy atom. The molecule has 0 radical (unpaired) electrons. The van der Waals surface area contributed by atoms with Crippen molar-refractivity contribution in [3.05, 3.63) is 40.5 Å². The summed E-state index contributed by atoms with van der Waals surface area (Å²) < 4.78 is 0. The molecule has 2 heterocycles. The van der Waals surface area contributed by atoms with Crippen LogP contribution in [-0.4, -0.2) is 15.2 Å². The third kappa shape index (κ3) is 2.67. The van der Waals surface area contributed by atoms with Crippen molar-refractivity contribution in [1.29, 1.82) is 0 Å². The lowest BCUT2D eigenvalue weighted by Crippen LogP contribution is -2.11. The molecule has 3 rings (SSSR count). The van der Waals surface area contributed by atoms with Gasteiger partial charge < -0.3 is 5.32 Å². The Kier molecular flexibility index (Phi) is 3.22. The van der Waals surface area contributed by atoms with Gasteiger partial charge in [-0.15, -0.1) is 11.3 Å². The lowest BCUT2D eigenvalue weighted by molar-refractivity contribution is 0.583. The number of thiazole rings is 1. The van der Waals surface area contributed by atoms with E-state index in [1.54, 1.807) is 11.3 Å². The van der Waals surface area contributed by atoms with Gasteiger partial charge in [-0.1, -0.05) is 20.8 Å². The number of nitrogens with one attached hydrogen (secondary N) is 2. The number of nitrogens with zero attached hydrogens (tertiary/aromatic N) is 2. The van der Waals surface area contributed by atoms with Gasteiger partial charge in [-0.3, -0.25) is 5.10 Å². The monoisotopic (exact) mass is 286 g/mol. The van der Waals surface area contributed by atoms with Gasteiger partial charge in [0.2, 0.25) is 0 Å². The summed E-state index contributed by atoms with van der Waals surface area (Å²) in [5.74, 6) is 0. The van der Waals surface area contributed by atoms with E-state index in [-0.39, 0.29) is 5.41 Å². The molecule has 0 unspecified atom stereocenters. The molecule has 2 aromatic heterocycles. The molecule has 5 heteroatoms. The van der Waals surface area contributed by atoms with Crippen molar-refractivity contribution in [3.63, 3.8) is 0 Å². The molecule has 0 spiro atoms. The smallest absolute Gasteiger partial charge is 0.0982 e. The number of benzene rings is 1. The fraction of sp³-hybridized carbons (Fsp3) is 0.333. The number of hydrogen-bond donors (Lipinski definition) is 2. The Hall–Kier alpha value is -1.88. The molecule has 20 heavy (non-hydrogen) atoms. The van der Waals surface area contributed by atoms with Crippen molar-refractivity contribution in [1.82, 2.24) is 15.2 Å². The second-order valence-electron chi connectivity index (χ2n) is 5.92. The number of aromatic nitrogens is 3. The third-order valence-electron chi connectivity index (χ3n) is 3.11. The second-order valence-corrected chi connectivity index (χ2v) is 6.78. The van der Waals surface area contributed by atoms with Gasteiger partial charge in [0.1, 0.15) is 0 Å². The van der Waals surface area contributed by atoms with Crippen LogP contribution >= 0.6 is 11.3 Å². The van der Waals surface area contributed by atoms with E-state index in [2.05, 4.69) is 58.8 Å². The molecule has 0 bridgehead atoms. The van der Waals surface area contributed by atoms with Crippen molar-refractivity contribution in [2.75, 3.05) is 5.32 Å². The van der Waals surface area contributed by atoms with Crippen molar-refractivity contribution in [2.45, 2.75) is 32.7 Å². The van der Waals surface area contributed by atoms with Gasteiger partial charge in [0, 0.05) is 21.9 Å². The molecule has 0 aliphatic carbocycles. The minimum absolute atomic E-state index is 0.124. The highest BCUT2D eigenvalue weighted by Gasteiger charge is 2.17. The van der Waals surface area contributed by atoms with Gasteiger partial charge >= 0.3 is 0 Å². The quantitative estimate of drug-likeness (QED) is 0.767. The van der Waals surface area contributed by atoms with Crippen LogP contribution in [0.15, 0.2) is 29.8 Å². The fourth-order valence-electron chi connectivity index (χ4n) is 1.98. The number of fused-ring (bicyclic) bond motifs is 1. The van der Waals surface area contributed by atoms with Gasteiger partial charge in [0.25, 0.3) is 0 Å². The van der Waals surface area contributed by atoms with Gasteiger partial charge in [0.05, 0.1) is 29.0 Å². The first-order valence-electron chi connectivity index (χ1n) is 6.64. The summed E-state index contributed by atoms with van der Waals surface area (Å²) in [6.45, 7) is 7.32. The molecular formula is C15H18N4S. The highest BCUT2D eigenvalue weighted by atomic mass is 32.1. The van der Waals surface area contributed by atoms with E-state index in [9.17, 15) is 0 Å². The van der Waals surface area contributed by atoms with E-state index < -0.39 is 0 Å². The molecule has 104 valence electrons. The van der Waals surface area contributed by atoms with Gasteiger partial charge in [-0.2, -0.15) is 5.10 Å². The first kappa shape index (κ1) is 13.1. The van der Waals surface area contributed by atoms with Gasteiger partial charge in [-0.05, 0) is 18.2 Å². The lowest BCUT2D eigenvalue weighted by atomic mass is 9.98. The molecule has 2 N–H and O–H groups in total. The predicted octanol–water partition coefficient (Wildman–Crippen LogP) is 3.93. The highest BCUT2D eigenvalue weighted by molar-refractivity contribution is 7.09. The van der Waals surface area contributed by atoms with Gasteiger partial charge in [-0.25, -0.2) is 4.98 Å². The van der Waals surface area contributed by atoms with Crippen LogP contribution in [0.5, 0.6) is 0 Å². The maximum Gasteiger partial charge on any atom is 0.0982 e. The van der Waals surface area contributed by atoms with Crippen LogP contribution in [0.4, 0.5) is 5.69 Å². The number of H-pyrrole nitrogens is 1. The first-order valence-corrected chi connectivity index (χ1v) is 7.52. The summed E-state index contributed by atoms with van der Waals surface area (Å²) in [5.41, 5.74) is 3.36. The molecule has 1 aromatic carbocycles.